The van der Waals surface area contributed by atoms with Crippen molar-refractivity contribution in [1.29, 1.82) is 0 Å². The molecule has 0 saturated heterocycles. The molecule has 0 heterocycles. The molecule has 0 amide bonds. The van der Waals surface area contributed by atoms with Crippen LogP contribution in [0.4, 0.5) is 0 Å². The van der Waals surface area contributed by atoms with E-state index in [1.807, 2.05) is 30.3 Å². The number of rotatable bonds is 11. The normalized spacial score (nSPS) is 13.9. The van der Waals surface area contributed by atoms with E-state index >= 15 is 0 Å². The molecule has 1 rings (SSSR count). The van der Waals surface area contributed by atoms with E-state index in [4.69, 9.17) is 9.47 Å². The lowest BCUT2D eigenvalue weighted by atomic mass is 10.0. The van der Waals surface area contributed by atoms with Gasteiger partial charge in [-0.05, 0) is 31.5 Å². The van der Waals surface area contributed by atoms with Crippen LogP contribution in [0.5, 0.6) is 5.75 Å². The van der Waals surface area contributed by atoms with E-state index in [1.54, 1.807) is 0 Å². The molecule has 3 heteroatoms. The highest BCUT2D eigenvalue weighted by molar-refractivity contribution is 5.20. The Kier molecular flexibility index (Phi) is 9.09. The molecule has 20 heavy (non-hydrogen) atoms. The highest BCUT2D eigenvalue weighted by Gasteiger charge is 2.18. The minimum atomic E-state index is 0.272. The maximum Gasteiger partial charge on any atom is 0.119 e. The number of likely N-dealkylation sites (N-methyl/N-ethyl adjacent to an activating group) is 1. The first kappa shape index (κ1) is 17.0. The van der Waals surface area contributed by atoms with Gasteiger partial charge in [-0.25, -0.2) is 0 Å². The maximum atomic E-state index is 5.99. The summed E-state index contributed by atoms with van der Waals surface area (Å²) in [6, 6.07) is 10.3. The molecule has 1 aromatic rings. The number of hydrogen-bond donors (Lipinski definition) is 1. The molecule has 0 radical (unpaired) electrons. The van der Waals surface area contributed by atoms with Crippen molar-refractivity contribution in [2.75, 3.05) is 19.8 Å². The first-order valence-corrected chi connectivity index (χ1v) is 7.84. The molecule has 0 aliphatic heterocycles. The van der Waals surface area contributed by atoms with E-state index in [9.17, 15) is 0 Å². The van der Waals surface area contributed by atoms with Gasteiger partial charge in [-0.15, -0.1) is 0 Å². The predicted molar refractivity (Wildman–Crippen MR) is 84.3 cm³/mol. The van der Waals surface area contributed by atoms with Gasteiger partial charge < -0.3 is 14.8 Å². The standard InChI is InChI=1S/C17H29NO2/c1-4-10-16(18-6-3)17(5-2)20-14-13-19-15-11-8-7-9-12-15/h7-9,11-12,16-18H,4-6,10,13-14H2,1-3H3. The van der Waals surface area contributed by atoms with Gasteiger partial charge >= 0.3 is 0 Å². The van der Waals surface area contributed by atoms with Gasteiger partial charge in [0.05, 0.1) is 12.7 Å². The van der Waals surface area contributed by atoms with Crippen LogP contribution in [-0.2, 0) is 4.74 Å². The molecule has 2 atom stereocenters. The lowest BCUT2D eigenvalue weighted by Crippen LogP contribution is -2.41. The molecule has 0 fully saturated rings. The molecule has 1 aromatic carbocycles. The minimum Gasteiger partial charge on any atom is -0.491 e. The van der Waals surface area contributed by atoms with Gasteiger partial charge in [0, 0.05) is 6.04 Å². The summed E-state index contributed by atoms with van der Waals surface area (Å²) in [6.07, 6.45) is 3.64. The van der Waals surface area contributed by atoms with Crippen LogP contribution >= 0.6 is 0 Å². The molecular formula is C17H29NO2. The Hall–Kier alpha value is -1.06. The van der Waals surface area contributed by atoms with E-state index in [2.05, 4.69) is 26.1 Å². The SMILES string of the molecule is CCCC(NCC)C(CC)OCCOc1ccccc1. The molecule has 0 bridgehead atoms. The highest BCUT2D eigenvalue weighted by Crippen LogP contribution is 2.11. The minimum absolute atomic E-state index is 0.272. The molecule has 114 valence electrons. The van der Waals surface area contributed by atoms with Crippen LogP contribution in [0.25, 0.3) is 0 Å². The second-order valence-corrected chi connectivity index (χ2v) is 4.93. The first-order valence-electron chi connectivity index (χ1n) is 7.84. The maximum absolute atomic E-state index is 5.99. The number of hydrogen-bond acceptors (Lipinski definition) is 3. The zero-order valence-corrected chi connectivity index (χ0v) is 13.1. The van der Waals surface area contributed by atoms with Crippen LogP contribution in [0.15, 0.2) is 30.3 Å². The monoisotopic (exact) mass is 279 g/mol. The molecule has 0 aliphatic carbocycles. The van der Waals surface area contributed by atoms with Gasteiger partial charge in [0.2, 0.25) is 0 Å². The lowest BCUT2D eigenvalue weighted by molar-refractivity contribution is 0.00723. The number of para-hydroxylation sites is 1. The summed E-state index contributed by atoms with van der Waals surface area (Å²) < 4.78 is 11.6. The van der Waals surface area contributed by atoms with E-state index in [0.29, 0.717) is 19.3 Å². The summed E-state index contributed by atoms with van der Waals surface area (Å²) in [4.78, 5) is 0. The molecular weight excluding hydrogens is 250 g/mol. The topological polar surface area (TPSA) is 30.5 Å². The third kappa shape index (κ3) is 6.40. The molecule has 0 aromatic heterocycles. The Balaban J connectivity index is 2.29. The van der Waals surface area contributed by atoms with Crippen LogP contribution in [-0.4, -0.2) is 31.9 Å². The summed E-state index contributed by atoms with van der Waals surface area (Å²) >= 11 is 0. The number of ether oxygens (including phenoxy) is 2. The summed E-state index contributed by atoms with van der Waals surface area (Å²) in [7, 11) is 0. The Labute approximate surface area is 123 Å². The summed E-state index contributed by atoms with van der Waals surface area (Å²) in [5, 5.41) is 3.53. The van der Waals surface area contributed by atoms with Crippen molar-refractivity contribution in [3.8, 4) is 5.75 Å². The zero-order valence-electron chi connectivity index (χ0n) is 13.1. The molecule has 0 saturated carbocycles. The average molecular weight is 279 g/mol. The van der Waals surface area contributed by atoms with Gasteiger partial charge in [0.1, 0.15) is 12.4 Å². The molecule has 0 spiro atoms. The Morgan fingerprint density at radius 1 is 1.05 bits per heavy atom. The molecule has 0 aliphatic rings. The van der Waals surface area contributed by atoms with Crippen LogP contribution in [0.3, 0.4) is 0 Å². The van der Waals surface area contributed by atoms with Crippen molar-refractivity contribution in [2.45, 2.75) is 52.2 Å². The van der Waals surface area contributed by atoms with E-state index < -0.39 is 0 Å². The molecule has 2 unspecified atom stereocenters. The van der Waals surface area contributed by atoms with Gasteiger partial charge in [0.15, 0.2) is 0 Å². The third-order valence-corrected chi connectivity index (χ3v) is 3.34. The summed E-state index contributed by atoms with van der Waals surface area (Å²) in [6.45, 7) is 8.78. The largest absolute Gasteiger partial charge is 0.491 e. The van der Waals surface area contributed by atoms with Crippen molar-refractivity contribution >= 4 is 0 Å². The fourth-order valence-corrected chi connectivity index (χ4v) is 2.39. The third-order valence-electron chi connectivity index (χ3n) is 3.34. The second kappa shape index (κ2) is 10.7. The van der Waals surface area contributed by atoms with Crippen LogP contribution in [0.1, 0.15) is 40.0 Å². The van der Waals surface area contributed by atoms with Gasteiger partial charge in [-0.1, -0.05) is 45.4 Å². The number of nitrogens with one attached hydrogen (secondary N) is 1. The van der Waals surface area contributed by atoms with Crippen molar-refractivity contribution in [1.82, 2.24) is 5.32 Å². The fourth-order valence-electron chi connectivity index (χ4n) is 2.39. The van der Waals surface area contributed by atoms with E-state index in [1.165, 1.54) is 6.42 Å². The molecule has 1 N–H and O–H groups in total. The van der Waals surface area contributed by atoms with E-state index in [-0.39, 0.29) is 6.10 Å². The van der Waals surface area contributed by atoms with Crippen molar-refractivity contribution < 1.29 is 9.47 Å². The van der Waals surface area contributed by atoms with Crippen molar-refractivity contribution in [2.24, 2.45) is 0 Å². The fraction of sp³-hybridized carbons (Fsp3) is 0.647. The predicted octanol–water partition coefficient (Wildman–Crippen LogP) is 3.64. The second-order valence-electron chi connectivity index (χ2n) is 4.93. The first-order chi connectivity index (χ1) is 9.81. The van der Waals surface area contributed by atoms with Crippen LogP contribution in [0.2, 0.25) is 0 Å². The van der Waals surface area contributed by atoms with Gasteiger partial charge in [-0.2, -0.15) is 0 Å². The van der Waals surface area contributed by atoms with Crippen LogP contribution < -0.4 is 10.1 Å². The highest BCUT2D eigenvalue weighted by atomic mass is 16.5. The smallest absolute Gasteiger partial charge is 0.119 e. The Bertz CT molecular complexity index is 323. The van der Waals surface area contributed by atoms with Crippen LogP contribution in [0, 0.1) is 0 Å². The average Bonchev–Trinajstić information content (AvgIpc) is 2.48. The lowest BCUT2D eigenvalue weighted by Gasteiger charge is -2.27. The Morgan fingerprint density at radius 2 is 1.80 bits per heavy atom. The van der Waals surface area contributed by atoms with Gasteiger partial charge in [0.25, 0.3) is 0 Å². The molecule has 3 nitrogen and oxygen atoms in total. The van der Waals surface area contributed by atoms with Gasteiger partial charge in [-0.3, -0.25) is 0 Å². The summed E-state index contributed by atoms with van der Waals surface area (Å²) in [5.74, 6) is 0.904. The zero-order chi connectivity index (χ0) is 14.6. The number of benzene rings is 1. The van der Waals surface area contributed by atoms with Crippen molar-refractivity contribution in [3.05, 3.63) is 30.3 Å². The quantitative estimate of drug-likeness (QED) is 0.627. The van der Waals surface area contributed by atoms with E-state index in [0.717, 1.165) is 25.1 Å². The summed E-state index contributed by atoms with van der Waals surface area (Å²) in [5.41, 5.74) is 0. The Morgan fingerprint density at radius 3 is 2.40 bits per heavy atom. The van der Waals surface area contributed by atoms with Crippen molar-refractivity contribution in [3.63, 3.8) is 0 Å².